The Labute approximate surface area is 141 Å². The van der Waals surface area contributed by atoms with Crippen molar-refractivity contribution in [2.75, 3.05) is 12.3 Å². The lowest BCUT2D eigenvalue weighted by molar-refractivity contribution is 0.0956. The number of hydrogen-bond acceptors (Lipinski definition) is 4. The summed E-state index contributed by atoms with van der Waals surface area (Å²) in [5, 5.41) is 2.90. The van der Waals surface area contributed by atoms with Gasteiger partial charge in [0.2, 0.25) is 0 Å². The summed E-state index contributed by atoms with van der Waals surface area (Å²) in [5.41, 5.74) is 9.59. The van der Waals surface area contributed by atoms with Crippen LogP contribution >= 0.6 is 0 Å². The number of fused-ring (bicyclic) bond motifs is 2. The highest BCUT2D eigenvalue weighted by molar-refractivity contribution is 6.10. The molecule has 1 amide bonds. The van der Waals surface area contributed by atoms with Gasteiger partial charge in [0.25, 0.3) is 5.91 Å². The summed E-state index contributed by atoms with van der Waals surface area (Å²) in [5.74, 6) is 0.265. The zero-order chi connectivity index (χ0) is 17.1. The van der Waals surface area contributed by atoms with Crippen LogP contribution in [0.5, 0.6) is 0 Å². The fourth-order valence-corrected chi connectivity index (χ4v) is 2.81. The first-order chi connectivity index (χ1) is 11.7. The van der Waals surface area contributed by atoms with Crippen LogP contribution in [0.25, 0.3) is 22.2 Å². The molecule has 0 saturated heterocycles. The molecular weight excluding hydrogens is 302 g/mol. The van der Waals surface area contributed by atoms with Crippen molar-refractivity contribution >= 4 is 33.9 Å². The average molecular weight is 325 g/mol. The van der Waals surface area contributed by atoms with Crippen LogP contribution in [-0.4, -0.2) is 27.0 Å². The molecule has 0 fully saturated rings. The largest absolute Gasteiger partial charge is 0.384 e. The Morgan fingerprint density at radius 2 is 1.88 bits per heavy atom. The van der Waals surface area contributed by atoms with Crippen LogP contribution in [0.3, 0.4) is 0 Å². The number of rotatable bonds is 6. The maximum Gasteiger partial charge on any atom is 0.257 e. The van der Waals surface area contributed by atoms with Crippen molar-refractivity contribution in [1.29, 1.82) is 0 Å². The van der Waals surface area contributed by atoms with Gasteiger partial charge < -0.3 is 15.6 Å². The molecule has 2 heterocycles. The number of aromatic nitrogens is 3. The number of para-hydroxylation sites is 2. The van der Waals surface area contributed by atoms with E-state index in [1.54, 1.807) is 0 Å². The van der Waals surface area contributed by atoms with Crippen molar-refractivity contribution in [3.05, 3.63) is 29.8 Å². The predicted octanol–water partition coefficient (Wildman–Crippen LogP) is 3.11. The van der Waals surface area contributed by atoms with E-state index in [1.165, 1.54) is 0 Å². The summed E-state index contributed by atoms with van der Waals surface area (Å²) in [7, 11) is 0. The Morgan fingerprint density at radius 3 is 2.54 bits per heavy atom. The van der Waals surface area contributed by atoms with E-state index in [1.807, 2.05) is 35.8 Å². The molecule has 3 aromatic rings. The molecule has 0 spiro atoms. The van der Waals surface area contributed by atoms with Crippen LogP contribution in [0.1, 0.15) is 43.5 Å². The van der Waals surface area contributed by atoms with Gasteiger partial charge in [-0.1, -0.05) is 32.4 Å². The van der Waals surface area contributed by atoms with Crippen molar-refractivity contribution in [3.63, 3.8) is 0 Å². The SMILES string of the molecule is CCCCn1c(N)c(C(=O)NCCC)c2nc3ccccc3nc21. The fraction of sp³-hybridized carbons (Fsp3) is 0.389. The van der Waals surface area contributed by atoms with E-state index in [2.05, 4.69) is 17.2 Å². The second kappa shape index (κ2) is 6.86. The van der Waals surface area contributed by atoms with Gasteiger partial charge in [-0.05, 0) is 25.0 Å². The summed E-state index contributed by atoms with van der Waals surface area (Å²) in [6.45, 7) is 5.48. The first-order valence-corrected chi connectivity index (χ1v) is 8.50. The Morgan fingerprint density at radius 1 is 1.17 bits per heavy atom. The number of nitrogen functional groups attached to an aromatic ring is 1. The van der Waals surface area contributed by atoms with Crippen molar-refractivity contribution in [1.82, 2.24) is 19.9 Å². The Bertz CT molecular complexity index is 884. The fourth-order valence-electron chi connectivity index (χ4n) is 2.81. The topological polar surface area (TPSA) is 85.8 Å². The molecule has 126 valence electrons. The Kier molecular flexibility index (Phi) is 4.64. The normalized spacial score (nSPS) is 11.2. The predicted molar refractivity (Wildman–Crippen MR) is 97.0 cm³/mol. The third-order valence-electron chi connectivity index (χ3n) is 4.09. The molecular formula is C18H23N5O. The van der Waals surface area contributed by atoms with Gasteiger partial charge in [-0.15, -0.1) is 0 Å². The number of amides is 1. The van der Waals surface area contributed by atoms with Crippen LogP contribution < -0.4 is 11.1 Å². The minimum absolute atomic E-state index is 0.181. The molecule has 24 heavy (non-hydrogen) atoms. The van der Waals surface area contributed by atoms with Crippen molar-refractivity contribution in [2.45, 2.75) is 39.7 Å². The van der Waals surface area contributed by atoms with Gasteiger partial charge in [-0.2, -0.15) is 0 Å². The summed E-state index contributed by atoms with van der Waals surface area (Å²) in [4.78, 5) is 22.0. The van der Waals surface area contributed by atoms with E-state index in [9.17, 15) is 4.79 Å². The molecule has 0 unspecified atom stereocenters. The molecule has 1 aromatic carbocycles. The number of carbonyl (C=O) groups is 1. The van der Waals surface area contributed by atoms with Crippen molar-refractivity contribution in [2.24, 2.45) is 0 Å². The number of hydrogen-bond donors (Lipinski definition) is 2. The molecule has 0 bridgehead atoms. The summed E-state index contributed by atoms with van der Waals surface area (Å²) in [6.07, 6.45) is 2.88. The summed E-state index contributed by atoms with van der Waals surface area (Å²) < 4.78 is 1.92. The van der Waals surface area contributed by atoms with Gasteiger partial charge in [0, 0.05) is 13.1 Å². The van der Waals surface area contributed by atoms with Gasteiger partial charge >= 0.3 is 0 Å². The maximum atomic E-state index is 12.6. The first kappa shape index (κ1) is 16.2. The lowest BCUT2D eigenvalue weighted by Crippen LogP contribution is -2.25. The van der Waals surface area contributed by atoms with Gasteiger partial charge in [0.1, 0.15) is 16.9 Å². The number of aryl methyl sites for hydroxylation is 1. The average Bonchev–Trinajstić information content (AvgIpc) is 2.86. The number of carbonyl (C=O) groups excluding carboxylic acids is 1. The highest BCUT2D eigenvalue weighted by Gasteiger charge is 2.23. The van der Waals surface area contributed by atoms with E-state index in [0.29, 0.717) is 29.1 Å². The quantitative estimate of drug-likeness (QED) is 0.729. The second-order valence-corrected chi connectivity index (χ2v) is 5.91. The lowest BCUT2D eigenvalue weighted by Gasteiger charge is -2.07. The third kappa shape index (κ3) is 2.79. The zero-order valence-electron chi connectivity index (χ0n) is 14.2. The lowest BCUT2D eigenvalue weighted by atomic mass is 10.2. The number of nitrogens with two attached hydrogens (primary N) is 1. The molecule has 6 nitrogen and oxygen atoms in total. The van der Waals surface area contributed by atoms with Gasteiger partial charge in [0.05, 0.1) is 11.0 Å². The van der Waals surface area contributed by atoms with Crippen LogP contribution in [0.4, 0.5) is 5.82 Å². The summed E-state index contributed by atoms with van der Waals surface area (Å²) in [6, 6.07) is 7.67. The monoisotopic (exact) mass is 325 g/mol. The van der Waals surface area contributed by atoms with E-state index in [0.717, 1.165) is 36.8 Å². The number of benzene rings is 1. The van der Waals surface area contributed by atoms with Crippen molar-refractivity contribution in [3.8, 4) is 0 Å². The number of nitrogens with zero attached hydrogens (tertiary/aromatic N) is 3. The highest BCUT2D eigenvalue weighted by atomic mass is 16.1. The summed E-state index contributed by atoms with van der Waals surface area (Å²) >= 11 is 0. The molecule has 0 aliphatic carbocycles. The molecule has 0 radical (unpaired) electrons. The Hall–Kier alpha value is -2.63. The molecule has 0 atom stereocenters. The van der Waals surface area contributed by atoms with E-state index >= 15 is 0 Å². The molecule has 0 saturated carbocycles. The molecule has 2 aromatic heterocycles. The van der Waals surface area contributed by atoms with Gasteiger partial charge in [-0.25, -0.2) is 9.97 Å². The number of anilines is 1. The highest BCUT2D eigenvalue weighted by Crippen LogP contribution is 2.28. The van der Waals surface area contributed by atoms with E-state index in [4.69, 9.17) is 10.7 Å². The van der Waals surface area contributed by atoms with Crippen molar-refractivity contribution < 1.29 is 4.79 Å². The molecule has 3 N–H and O–H groups in total. The Balaban J connectivity index is 2.22. The van der Waals surface area contributed by atoms with Crippen LogP contribution in [0.15, 0.2) is 24.3 Å². The van der Waals surface area contributed by atoms with Crippen LogP contribution in [-0.2, 0) is 6.54 Å². The third-order valence-corrected chi connectivity index (χ3v) is 4.09. The molecule has 0 aliphatic heterocycles. The zero-order valence-corrected chi connectivity index (χ0v) is 14.2. The van der Waals surface area contributed by atoms with E-state index < -0.39 is 0 Å². The minimum Gasteiger partial charge on any atom is -0.384 e. The minimum atomic E-state index is -0.181. The second-order valence-electron chi connectivity index (χ2n) is 5.91. The smallest absolute Gasteiger partial charge is 0.257 e. The van der Waals surface area contributed by atoms with Gasteiger partial charge in [0.15, 0.2) is 5.65 Å². The molecule has 6 heteroatoms. The standard InChI is InChI=1S/C18H23N5O/c1-3-5-11-23-16(19)14(18(24)20-10-4-2)15-17(23)22-13-9-7-6-8-12(13)21-15/h6-9H,3-5,10-11,19H2,1-2H3,(H,20,24). The van der Waals surface area contributed by atoms with Crippen LogP contribution in [0, 0.1) is 0 Å². The number of nitrogens with one attached hydrogen (secondary N) is 1. The van der Waals surface area contributed by atoms with Crippen LogP contribution in [0.2, 0.25) is 0 Å². The van der Waals surface area contributed by atoms with E-state index in [-0.39, 0.29) is 5.91 Å². The van der Waals surface area contributed by atoms with Gasteiger partial charge in [-0.3, -0.25) is 4.79 Å². The first-order valence-electron chi connectivity index (χ1n) is 8.50. The maximum absolute atomic E-state index is 12.6. The molecule has 0 aliphatic rings. The number of unbranched alkanes of at least 4 members (excludes halogenated alkanes) is 1. The molecule has 3 rings (SSSR count).